The van der Waals surface area contributed by atoms with E-state index < -0.39 is 5.97 Å². The summed E-state index contributed by atoms with van der Waals surface area (Å²) in [5.41, 5.74) is 1.14. The molecule has 0 bridgehead atoms. The summed E-state index contributed by atoms with van der Waals surface area (Å²) in [7, 11) is 2.88. The molecule has 1 heterocycles. The van der Waals surface area contributed by atoms with Gasteiger partial charge < -0.3 is 19.3 Å². The molecular formula is C19H15ClN2O5. The zero-order valence-electron chi connectivity index (χ0n) is 14.5. The molecule has 3 rings (SSSR count). The summed E-state index contributed by atoms with van der Waals surface area (Å²) in [5.74, 6) is -0.610. The molecule has 1 aromatic heterocycles. The van der Waals surface area contributed by atoms with Crippen LogP contribution in [0.1, 0.15) is 10.4 Å². The fraction of sp³-hybridized carbons (Fsp3) is 0.105. The summed E-state index contributed by atoms with van der Waals surface area (Å²) in [6, 6.07) is 13.1. The Hall–Kier alpha value is -3.32. The number of hydrogen-bond acceptors (Lipinski definition) is 6. The number of nitrogens with zero attached hydrogens (tertiary/aromatic N) is 2. The molecule has 1 N–H and O–H groups in total. The van der Waals surface area contributed by atoms with Crippen LogP contribution in [0.15, 0.2) is 48.5 Å². The van der Waals surface area contributed by atoms with Gasteiger partial charge in [0.05, 0.1) is 20.3 Å². The lowest BCUT2D eigenvalue weighted by Crippen LogP contribution is -2.05. The normalized spacial score (nSPS) is 10.3. The first-order chi connectivity index (χ1) is 13.0. The molecular weight excluding hydrogens is 372 g/mol. The van der Waals surface area contributed by atoms with E-state index in [1.165, 1.54) is 26.4 Å². The molecule has 0 atom stereocenters. The van der Waals surface area contributed by atoms with E-state index in [4.69, 9.17) is 25.8 Å². The van der Waals surface area contributed by atoms with Crippen LogP contribution in [0.5, 0.6) is 23.5 Å². The van der Waals surface area contributed by atoms with Crippen LogP contribution >= 0.6 is 11.6 Å². The minimum atomic E-state index is -1.15. The van der Waals surface area contributed by atoms with Gasteiger partial charge in [-0.2, -0.15) is 9.97 Å². The number of aromatic nitrogens is 2. The van der Waals surface area contributed by atoms with Gasteiger partial charge in [0.2, 0.25) is 11.8 Å². The maximum atomic E-state index is 11.9. The third kappa shape index (κ3) is 4.09. The maximum Gasteiger partial charge on any atom is 0.340 e. The zero-order valence-corrected chi connectivity index (χ0v) is 15.2. The first kappa shape index (κ1) is 18.5. The van der Waals surface area contributed by atoms with Crippen LogP contribution in [0.3, 0.4) is 0 Å². The highest BCUT2D eigenvalue weighted by Gasteiger charge is 2.20. The van der Waals surface area contributed by atoms with Gasteiger partial charge in [-0.15, -0.1) is 0 Å². The molecule has 27 heavy (non-hydrogen) atoms. The van der Waals surface area contributed by atoms with Crippen molar-refractivity contribution in [3.8, 4) is 34.6 Å². The molecule has 0 spiro atoms. The summed E-state index contributed by atoms with van der Waals surface area (Å²) < 4.78 is 15.8. The van der Waals surface area contributed by atoms with E-state index in [9.17, 15) is 9.90 Å². The van der Waals surface area contributed by atoms with E-state index in [0.717, 1.165) is 0 Å². The second kappa shape index (κ2) is 7.92. The Balaban J connectivity index is 2.07. The van der Waals surface area contributed by atoms with Gasteiger partial charge in [0.1, 0.15) is 11.3 Å². The van der Waals surface area contributed by atoms with Crippen molar-refractivity contribution >= 4 is 17.6 Å². The molecule has 0 saturated carbocycles. The maximum absolute atomic E-state index is 11.9. The largest absolute Gasteiger partial charge is 0.481 e. The van der Waals surface area contributed by atoms with Crippen molar-refractivity contribution in [3.63, 3.8) is 0 Å². The number of halogens is 1. The summed E-state index contributed by atoms with van der Waals surface area (Å²) in [5, 5.41) is 10.3. The second-order valence-electron chi connectivity index (χ2n) is 5.33. The summed E-state index contributed by atoms with van der Waals surface area (Å²) in [4.78, 5) is 20.1. The summed E-state index contributed by atoms with van der Waals surface area (Å²) in [6.45, 7) is 0. The lowest BCUT2D eigenvalue weighted by atomic mass is 9.99. The van der Waals surface area contributed by atoms with Crippen LogP contribution in [0, 0.1) is 0 Å². The Morgan fingerprint density at radius 1 is 1.00 bits per heavy atom. The number of aromatic carboxylic acids is 1. The average molecular weight is 387 g/mol. The molecule has 0 unspecified atom stereocenters. The van der Waals surface area contributed by atoms with Crippen molar-refractivity contribution in [2.24, 2.45) is 0 Å². The van der Waals surface area contributed by atoms with Gasteiger partial charge in [-0.1, -0.05) is 35.9 Å². The molecule has 0 aliphatic rings. The van der Waals surface area contributed by atoms with Crippen LogP contribution in [0.4, 0.5) is 0 Å². The number of carboxylic acid groups (broad SMARTS) is 1. The Morgan fingerprint density at radius 2 is 1.63 bits per heavy atom. The lowest BCUT2D eigenvalue weighted by molar-refractivity contribution is 0.0695. The van der Waals surface area contributed by atoms with Crippen molar-refractivity contribution < 1.29 is 24.1 Å². The van der Waals surface area contributed by atoms with Gasteiger partial charge >= 0.3 is 12.0 Å². The standard InChI is InChI=1S/C19H15ClN2O5/c1-25-15-10-16(26-2)22-19(21-15)27-14-5-3-4-13(17(14)18(23)24)11-6-8-12(20)9-7-11/h3-10H,1-2H3,(H,23,24). The molecule has 138 valence electrons. The van der Waals surface area contributed by atoms with Gasteiger partial charge in [-0.05, 0) is 29.3 Å². The number of carboxylic acids is 1. The molecule has 0 radical (unpaired) electrons. The molecule has 7 nitrogen and oxygen atoms in total. The molecule has 8 heteroatoms. The van der Waals surface area contributed by atoms with Crippen LogP contribution in [-0.4, -0.2) is 35.3 Å². The minimum absolute atomic E-state index is 0.0230. The van der Waals surface area contributed by atoms with Crippen molar-refractivity contribution in [2.75, 3.05) is 14.2 Å². The van der Waals surface area contributed by atoms with Gasteiger partial charge in [0, 0.05) is 5.02 Å². The molecule has 0 aliphatic heterocycles. The molecule has 3 aromatic rings. The average Bonchev–Trinajstić information content (AvgIpc) is 2.67. The van der Waals surface area contributed by atoms with E-state index in [-0.39, 0.29) is 29.1 Å². The Morgan fingerprint density at radius 3 is 2.19 bits per heavy atom. The zero-order chi connectivity index (χ0) is 19.4. The lowest BCUT2D eigenvalue weighted by Gasteiger charge is -2.13. The third-order valence-electron chi connectivity index (χ3n) is 3.67. The van der Waals surface area contributed by atoms with Crippen molar-refractivity contribution in [2.45, 2.75) is 0 Å². The highest BCUT2D eigenvalue weighted by Crippen LogP contribution is 2.34. The molecule has 0 aliphatic carbocycles. The fourth-order valence-corrected chi connectivity index (χ4v) is 2.57. The van der Waals surface area contributed by atoms with E-state index in [0.29, 0.717) is 16.1 Å². The number of rotatable bonds is 6. The number of benzene rings is 2. The highest BCUT2D eigenvalue weighted by molar-refractivity contribution is 6.30. The van der Waals surface area contributed by atoms with Crippen LogP contribution in [0.2, 0.25) is 5.02 Å². The number of hydrogen-bond donors (Lipinski definition) is 1. The summed E-state index contributed by atoms with van der Waals surface area (Å²) in [6.07, 6.45) is 0. The first-order valence-electron chi connectivity index (χ1n) is 7.79. The SMILES string of the molecule is COc1cc(OC)nc(Oc2cccc(-c3ccc(Cl)cc3)c2C(=O)O)n1. The minimum Gasteiger partial charge on any atom is -0.481 e. The predicted octanol–water partition coefficient (Wildman–Crippen LogP) is 4.30. The second-order valence-corrected chi connectivity index (χ2v) is 5.76. The number of ether oxygens (including phenoxy) is 3. The van der Waals surface area contributed by atoms with Crippen molar-refractivity contribution in [3.05, 3.63) is 59.1 Å². The van der Waals surface area contributed by atoms with Crippen LogP contribution < -0.4 is 14.2 Å². The number of methoxy groups -OCH3 is 2. The molecule has 0 fully saturated rings. The van der Waals surface area contributed by atoms with E-state index in [2.05, 4.69) is 9.97 Å². The van der Waals surface area contributed by atoms with E-state index in [1.807, 2.05) is 0 Å². The topological polar surface area (TPSA) is 90.8 Å². The summed E-state index contributed by atoms with van der Waals surface area (Å²) >= 11 is 5.92. The molecule has 0 saturated heterocycles. The van der Waals surface area contributed by atoms with E-state index in [1.54, 1.807) is 36.4 Å². The molecule has 0 amide bonds. The number of carbonyl (C=O) groups is 1. The van der Waals surface area contributed by atoms with Crippen LogP contribution in [-0.2, 0) is 0 Å². The predicted molar refractivity (Wildman–Crippen MR) is 99.1 cm³/mol. The fourth-order valence-electron chi connectivity index (χ4n) is 2.44. The Bertz CT molecular complexity index is 954. The quantitative estimate of drug-likeness (QED) is 0.675. The Kier molecular flexibility index (Phi) is 5.42. The van der Waals surface area contributed by atoms with Gasteiger partial charge in [0.15, 0.2) is 0 Å². The smallest absolute Gasteiger partial charge is 0.340 e. The highest BCUT2D eigenvalue weighted by atomic mass is 35.5. The Labute approximate surface area is 160 Å². The third-order valence-corrected chi connectivity index (χ3v) is 3.93. The first-order valence-corrected chi connectivity index (χ1v) is 8.16. The van der Waals surface area contributed by atoms with Crippen molar-refractivity contribution in [1.29, 1.82) is 0 Å². The molecule has 2 aromatic carbocycles. The van der Waals surface area contributed by atoms with Gasteiger partial charge in [-0.3, -0.25) is 0 Å². The van der Waals surface area contributed by atoms with Gasteiger partial charge in [0.25, 0.3) is 0 Å². The van der Waals surface area contributed by atoms with Gasteiger partial charge in [-0.25, -0.2) is 4.79 Å². The van der Waals surface area contributed by atoms with Crippen LogP contribution in [0.25, 0.3) is 11.1 Å². The monoisotopic (exact) mass is 386 g/mol. The van der Waals surface area contributed by atoms with Crippen molar-refractivity contribution in [1.82, 2.24) is 9.97 Å². The van der Waals surface area contributed by atoms with E-state index >= 15 is 0 Å².